The minimum Gasteiger partial charge on any atom is -0.482 e. The van der Waals surface area contributed by atoms with Crippen LogP contribution in [0.5, 0.6) is 5.75 Å². The number of carbonyl (C=O) groups is 1. The molecule has 0 aliphatic heterocycles. The van der Waals surface area contributed by atoms with Gasteiger partial charge in [0.15, 0.2) is 6.61 Å². The number of thioether (sulfide) groups is 1. The van der Waals surface area contributed by atoms with Crippen LogP contribution in [0.15, 0.2) is 24.3 Å². The number of aliphatic carboxylic acids is 1. The third-order valence-electron chi connectivity index (χ3n) is 1.62. The summed E-state index contributed by atoms with van der Waals surface area (Å²) in [5, 5.41) is 8.47. The quantitative estimate of drug-likeness (QED) is 0.811. The predicted molar refractivity (Wildman–Crippen MR) is 56.8 cm³/mol. The van der Waals surface area contributed by atoms with Gasteiger partial charge in [0.05, 0.1) is 0 Å². The van der Waals surface area contributed by atoms with Crippen molar-refractivity contribution in [2.24, 2.45) is 0 Å². The van der Waals surface area contributed by atoms with Gasteiger partial charge in [-0.05, 0) is 12.3 Å². The van der Waals surface area contributed by atoms with Gasteiger partial charge in [0, 0.05) is 11.3 Å². The largest absolute Gasteiger partial charge is 0.482 e. The van der Waals surface area contributed by atoms with Crippen molar-refractivity contribution < 1.29 is 14.6 Å². The number of hydrogen-bond acceptors (Lipinski definition) is 3. The van der Waals surface area contributed by atoms with E-state index in [0.717, 1.165) is 11.3 Å². The molecule has 0 radical (unpaired) electrons. The lowest BCUT2D eigenvalue weighted by Gasteiger charge is -2.08. The normalized spacial score (nSPS) is 9.79. The Kier molecular flexibility index (Phi) is 4.32. The first kappa shape index (κ1) is 10.9. The predicted octanol–water partition coefficient (Wildman–Crippen LogP) is 2.01. The van der Waals surface area contributed by atoms with E-state index in [1.54, 1.807) is 17.8 Å². The van der Waals surface area contributed by atoms with Crippen LogP contribution in [0.4, 0.5) is 0 Å². The van der Waals surface area contributed by atoms with Gasteiger partial charge in [0.2, 0.25) is 0 Å². The van der Waals surface area contributed by atoms with Crippen molar-refractivity contribution in [2.75, 3.05) is 12.9 Å². The van der Waals surface area contributed by atoms with Gasteiger partial charge < -0.3 is 9.84 Å². The lowest BCUT2D eigenvalue weighted by Crippen LogP contribution is -2.10. The highest BCUT2D eigenvalue weighted by atomic mass is 32.2. The fourth-order valence-electron chi connectivity index (χ4n) is 1.06. The molecule has 0 spiro atoms. The Balaban J connectivity index is 2.68. The van der Waals surface area contributed by atoms with Crippen LogP contribution in [0.3, 0.4) is 0 Å². The van der Waals surface area contributed by atoms with E-state index in [2.05, 4.69) is 0 Å². The minimum absolute atomic E-state index is 0.286. The van der Waals surface area contributed by atoms with E-state index in [1.807, 2.05) is 24.5 Å². The Labute approximate surface area is 87.1 Å². The van der Waals surface area contributed by atoms with Gasteiger partial charge in [-0.2, -0.15) is 11.8 Å². The monoisotopic (exact) mass is 212 g/mol. The summed E-state index contributed by atoms with van der Waals surface area (Å²) in [6.45, 7) is -0.286. The molecule has 1 aromatic carbocycles. The molecule has 1 N–H and O–H groups in total. The van der Waals surface area contributed by atoms with Crippen LogP contribution in [0, 0.1) is 0 Å². The molecule has 4 heteroatoms. The second kappa shape index (κ2) is 5.54. The lowest BCUT2D eigenvalue weighted by atomic mass is 10.2. The Morgan fingerprint density at radius 2 is 2.21 bits per heavy atom. The molecule has 0 aliphatic carbocycles. The van der Waals surface area contributed by atoms with Crippen LogP contribution in [0.1, 0.15) is 5.56 Å². The first-order valence-corrected chi connectivity index (χ1v) is 5.55. The summed E-state index contributed by atoms with van der Waals surface area (Å²) in [5.74, 6) is 0.531. The topological polar surface area (TPSA) is 46.5 Å². The van der Waals surface area contributed by atoms with Crippen LogP contribution in [0.25, 0.3) is 0 Å². The van der Waals surface area contributed by atoms with E-state index in [-0.39, 0.29) is 6.61 Å². The van der Waals surface area contributed by atoms with Crippen molar-refractivity contribution in [3.8, 4) is 5.75 Å². The molecule has 0 amide bonds. The van der Waals surface area contributed by atoms with Gasteiger partial charge in [-0.3, -0.25) is 0 Å². The molecule has 0 atom stereocenters. The summed E-state index contributed by atoms with van der Waals surface area (Å²) in [7, 11) is 0. The van der Waals surface area contributed by atoms with Crippen molar-refractivity contribution in [3.05, 3.63) is 29.8 Å². The summed E-state index contributed by atoms with van der Waals surface area (Å²) in [6.07, 6.45) is 1.99. The zero-order valence-corrected chi connectivity index (χ0v) is 8.71. The number of hydrogen-bond donors (Lipinski definition) is 1. The van der Waals surface area contributed by atoms with Gasteiger partial charge >= 0.3 is 5.97 Å². The number of carboxylic acid groups (broad SMARTS) is 1. The highest BCUT2D eigenvalue weighted by Gasteiger charge is 2.03. The van der Waals surface area contributed by atoms with Gasteiger partial charge in [-0.15, -0.1) is 0 Å². The Hall–Kier alpha value is -1.16. The zero-order valence-electron chi connectivity index (χ0n) is 7.90. The SMILES string of the molecule is CSCc1ccccc1OCC(=O)O. The minimum atomic E-state index is -0.955. The molecule has 14 heavy (non-hydrogen) atoms. The average molecular weight is 212 g/mol. The Morgan fingerprint density at radius 3 is 2.86 bits per heavy atom. The molecule has 1 rings (SSSR count). The van der Waals surface area contributed by atoms with Gasteiger partial charge in [-0.1, -0.05) is 18.2 Å². The fourth-order valence-corrected chi connectivity index (χ4v) is 1.61. The molecule has 1 aromatic rings. The molecular weight excluding hydrogens is 200 g/mol. The Morgan fingerprint density at radius 1 is 1.50 bits per heavy atom. The average Bonchev–Trinajstić information content (AvgIpc) is 2.17. The number of para-hydroxylation sites is 1. The van der Waals surface area contributed by atoms with Crippen LogP contribution in [0.2, 0.25) is 0 Å². The van der Waals surface area contributed by atoms with Crippen LogP contribution in [-0.2, 0) is 10.5 Å². The van der Waals surface area contributed by atoms with Gasteiger partial charge in [-0.25, -0.2) is 4.79 Å². The van der Waals surface area contributed by atoms with Crippen molar-refractivity contribution in [1.29, 1.82) is 0 Å². The van der Waals surface area contributed by atoms with E-state index in [9.17, 15) is 4.79 Å². The molecule has 0 saturated heterocycles. The first-order chi connectivity index (χ1) is 6.74. The van der Waals surface area contributed by atoms with Crippen molar-refractivity contribution in [1.82, 2.24) is 0 Å². The standard InChI is InChI=1S/C10H12O3S/c1-14-7-8-4-2-3-5-9(8)13-6-10(11)12/h2-5H,6-7H2,1H3,(H,11,12). The van der Waals surface area contributed by atoms with E-state index in [4.69, 9.17) is 9.84 Å². The molecule has 0 aliphatic rings. The third-order valence-corrected chi connectivity index (χ3v) is 2.22. The van der Waals surface area contributed by atoms with Crippen molar-refractivity contribution >= 4 is 17.7 Å². The maximum absolute atomic E-state index is 10.3. The second-order valence-electron chi connectivity index (χ2n) is 2.72. The number of carboxylic acids is 1. The maximum Gasteiger partial charge on any atom is 0.341 e. The second-order valence-corrected chi connectivity index (χ2v) is 3.59. The molecular formula is C10H12O3S. The highest BCUT2D eigenvalue weighted by Crippen LogP contribution is 2.21. The molecule has 0 unspecified atom stereocenters. The first-order valence-electron chi connectivity index (χ1n) is 4.15. The van der Waals surface area contributed by atoms with E-state index < -0.39 is 5.97 Å². The summed E-state index contributed by atoms with van der Waals surface area (Å²) in [5.41, 5.74) is 1.03. The van der Waals surface area contributed by atoms with Crippen LogP contribution < -0.4 is 4.74 Å². The Bertz CT molecular complexity index is 312. The van der Waals surface area contributed by atoms with Gasteiger partial charge in [0.25, 0.3) is 0 Å². The van der Waals surface area contributed by atoms with Crippen molar-refractivity contribution in [2.45, 2.75) is 5.75 Å². The molecule has 76 valence electrons. The number of ether oxygens (including phenoxy) is 1. The summed E-state index contributed by atoms with van der Waals surface area (Å²) >= 11 is 1.68. The van der Waals surface area contributed by atoms with E-state index in [0.29, 0.717) is 5.75 Å². The summed E-state index contributed by atoms with van der Waals surface area (Å²) < 4.78 is 5.14. The lowest BCUT2D eigenvalue weighted by molar-refractivity contribution is -0.139. The van der Waals surface area contributed by atoms with E-state index >= 15 is 0 Å². The molecule has 0 saturated carbocycles. The maximum atomic E-state index is 10.3. The molecule has 0 heterocycles. The van der Waals surface area contributed by atoms with Crippen LogP contribution >= 0.6 is 11.8 Å². The molecule has 0 aromatic heterocycles. The molecule has 3 nitrogen and oxygen atoms in total. The van der Waals surface area contributed by atoms with Gasteiger partial charge in [0.1, 0.15) is 5.75 Å². The fraction of sp³-hybridized carbons (Fsp3) is 0.300. The smallest absolute Gasteiger partial charge is 0.341 e. The third kappa shape index (κ3) is 3.30. The van der Waals surface area contributed by atoms with Crippen molar-refractivity contribution in [3.63, 3.8) is 0 Å². The summed E-state index contributed by atoms with van der Waals surface area (Å²) in [4.78, 5) is 10.3. The molecule has 0 bridgehead atoms. The summed E-state index contributed by atoms with van der Waals surface area (Å²) in [6, 6.07) is 7.47. The molecule has 0 fully saturated rings. The number of rotatable bonds is 5. The zero-order chi connectivity index (χ0) is 10.4. The highest BCUT2D eigenvalue weighted by molar-refractivity contribution is 7.97. The number of benzene rings is 1. The van der Waals surface area contributed by atoms with Crippen LogP contribution in [-0.4, -0.2) is 23.9 Å². The van der Waals surface area contributed by atoms with E-state index in [1.165, 1.54) is 0 Å².